The summed E-state index contributed by atoms with van der Waals surface area (Å²) in [5, 5.41) is 7.98. The fraction of sp³-hybridized carbons (Fsp3) is 0.222. The average molecular weight is 442 g/mol. The van der Waals surface area contributed by atoms with E-state index in [9.17, 15) is 18.0 Å². The molecule has 12 heteroatoms. The number of aromatic nitrogens is 4. The molecule has 0 aliphatic heterocycles. The SMILES string of the molecule is COc1cc(-c2ccc(C(=O)Nc3cn[nH]c3CC(F)(F)F)c(Cl)n2)cnc1OC. The molecule has 158 valence electrons. The molecule has 0 aromatic carbocycles. The summed E-state index contributed by atoms with van der Waals surface area (Å²) in [5.41, 5.74) is 0.581. The third-order valence-electron chi connectivity index (χ3n) is 3.96. The van der Waals surface area contributed by atoms with Crippen molar-refractivity contribution >= 4 is 23.2 Å². The van der Waals surface area contributed by atoms with Gasteiger partial charge < -0.3 is 14.8 Å². The van der Waals surface area contributed by atoms with Gasteiger partial charge in [-0.25, -0.2) is 9.97 Å². The first-order valence-corrected chi connectivity index (χ1v) is 8.75. The maximum absolute atomic E-state index is 12.6. The molecule has 0 aliphatic carbocycles. The number of pyridine rings is 2. The van der Waals surface area contributed by atoms with E-state index in [-0.39, 0.29) is 28.0 Å². The van der Waals surface area contributed by atoms with Gasteiger partial charge in [-0.2, -0.15) is 18.3 Å². The normalized spacial score (nSPS) is 11.3. The van der Waals surface area contributed by atoms with Gasteiger partial charge in [0.2, 0.25) is 0 Å². The molecule has 3 aromatic heterocycles. The number of hydrogen-bond donors (Lipinski definition) is 2. The van der Waals surface area contributed by atoms with Crippen LogP contribution in [0.5, 0.6) is 11.6 Å². The van der Waals surface area contributed by atoms with Crippen LogP contribution in [-0.2, 0) is 6.42 Å². The van der Waals surface area contributed by atoms with Crippen LogP contribution >= 0.6 is 11.6 Å². The standard InChI is InChI=1S/C18H15ClF3N5O3/c1-29-14-5-9(7-23-17(14)30-2)11-4-3-10(15(19)25-11)16(28)26-13-8-24-27-12(13)6-18(20,21)22/h3-5,7-8H,6H2,1-2H3,(H,24,27)(H,26,28). The molecule has 3 rings (SSSR count). The van der Waals surface area contributed by atoms with Crippen molar-refractivity contribution in [3.05, 3.63) is 47.0 Å². The lowest BCUT2D eigenvalue weighted by Crippen LogP contribution is -2.17. The third kappa shape index (κ3) is 4.79. The predicted molar refractivity (Wildman–Crippen MR) is 102 cm³/mol. The number of alkyl halides is 3. The maximum Gasteiger partial charge on any atom is 0.394 e. The molecule has 3 heterocycles. The van der Waals surface area contributed by atoms with E-state index in [1.54, 1.807) is 6.07 Å². The van der Waals surface area contributed by atoms with Gasteiger partial charge in [0.05, 0.1) is 49.5 Å². The molecule has 0 saturated heterocycles. The number of amides is 1. The molecule has 30 heavy (non-hydrogen) atoms. The molecule has 0 atom stereocenters. The van der Waals surface area contributed by atoms with Crippen LogP contribution in [0.2, 0.25) is 5.15 Å². The molecule has 0 spiro atoms. The van der Waals surface area contributed by atoms with E-state index in [1.165, 1.54) is 32.5 Å². The van der Waals surface area contributed by atoms with Gasteiger partial charge in [-0.1, -0.05) is 11.6 Å². The number of nitrogens with zero attached hydrogens (tertiary/aromatic N) is 3. The number of nitrogens with one attached hydrogen (secondary N) is 2. The van der Waals surface area contributed by atoms with E-state index in [0.29, 0.717) is 17.0 Å². The first-order valence-electron chi connectivity index (χ1n) is 8.37. The summed E-state index contributed by atoms with van der Waals surface area (Å²) in [6, 6.07) is 4.56. The highest BCUT2D eigenvalue weighted by molar-refractivity contribution is 6.33. The Bertz CT molecular complexity index is 1070. The van der Waals surface area contributed by atoms with E-state index in [0.717, 1.165) is 6.20 Å². The number of halogens is 4. The number of ether oxygens (including phenoxy) is 2. The summed E-state index contributed by atoms with van der Waals surface area (Å²) in [6.45, 7) is 0. The lowest BCUT2D eigenvalue weighted by Gasteiger charge is -2.10. The van der Waals surface area contributed by atoms with Gasteiger partial charge in [0.25, 0.3) is 11.8 Å². The molecule has 0 aliphatic rings. The Kier molecular flexibility index (Phi) is 6.11. The summed E-state index contributed by atoms with van der Waals surface area (Å²) in [7, 11) is 2.91. The quantitative estimate of drug-likeness (QED) is 0.563. The Labute approximate surface area is 173 Å². The third-order valence-corrected chi connectivity index (χ3v) is 4.25. The van der Waals surface area contributed by atoms with Crippen molar-refractivity contribution < 1.29 is 27.4 Å². The van der Waals surface area contributed by atoms with Gasteiger partial charge in [0, 0.05) is 11.8 Å². The summed E-state index contributed by atoms with van der Waals surface area (Å²) >= 11 is 6.14. The lowest BCUT2D eigenvalue weighted by molar-refractivity contribution is -0.127. The molecule has 0 bridgehead atoms. The number of aromatic amines is 1. The van der Waals surface area contributed by atoms with Crippen molar-refractivity contribution in [2.24, 2.45) is 0 Å². The van der Waals surface area contributed by atoms with Crippen LogP contribution in [0.15, 0.2) is 30.6 Å². The van der Waals surface area contributed by atoms with Crippen LogP contribution in [0.25, 0.3) is 11.3 Å². The molecular weight excluding hydrogens is 427 g/mol. The smallest absolute Gasteiger partial charge is 0.394 e. The van der Waals surface area contributed by atoms with Crippen LogP contribution in [0, 0.1) is 0 Å². The highest BCUT2D eigenvalue weighted by Gasteiger charge is 2.30. The Morgan fingerprint density at radius 1 is 1.23 bits per heavy atom. The fourth-order valence-electron chi connectivity index (χ4n) is 2.58. The van der Waals surface area contributed by atoms with E-state index in [2.05, 4.69) is 25.5 Å². The molecule has 0 saturated carbocycles. The minimum Gasteiger partial charge on any atom is -0.491 e. The van der Waals surface area contributed by atoms with E-state index in [1.807, 2.05) is 0 Å². The number of carbonyl (C=O) groups excluding carboxylic acids is 1. The number of hydrogen-bond acceptors (Lipinski definition) is 6. The van der Waals surface area contributed by atoms with E-state index in [4.69, 9.17) is 21.1 Å². The topological polar surface area (TPSA) is 102 Å². The average Bonchev–Trinajstić information content (AvgIpc) is 3.11. The molecule has 8 nitrogen and oxygen atoms in total. The molecule has 2 N–H and O–H groups in total. The number of carbonyl (C=O) groups is 1. The van der Waals surface area contributed by atoms with Gasteiger partial charge in [0.1, 0.15) is 5.15 Å². The Morgan fingerprint density at radius 2 is 2.00 bits per heavy atom. The second-order valence-electron chi connectivity index (χ2n) is 5.98. The zero-order valence-electron chi connectivity index (χ0n) is 15.7. The Hall–Kier alpha value is -3.34. The highest BCUT2D eigenvalue weighted by atomic mass is 35.5. The first-order chi connectivity index (χ1) is 14.2. The lowest BCUT2D eigenvalue weighted by atomic mass is 10.1. The van der Waals surface area contributed by atoms with Crippen molar-refractivity contribution in [1.29, 1.82) is 0 Å². The minimum atomic E-state index is -4.46. The number of H-pyrrole nitrogens is 1. The maximum atomic E-state index is 12.6. The largest absolute Gasteiger partial charge is 0.491 e. The molecule has 3 aromatic rings. The zero-order chi connectivity index (χ0) is 21.9. The van der Waals surface area contributed by atoms with Crippen molar-refractivity contribution in [1.82, 2.24) is 20.2 Å². The second kappa shape index (κ2) is 8.57. The molecule has 0 unspecified atom stereocenters. The summed E-state index contributed by atoms with van der Waals surface area (Å²) in [6.07, 6.45) is -3.14. The number of rotatable bonds is 6. The van der Waals surface area contributed by atoms with E-state index < -0.39 is 18.5 Å². The highest BCUT2D eigenvalue weighted by Crippen LogP contribution is 2.30. The zero-order valence-corrected chi connectivity index (χ0v) is 16.4. The minimum absolute atomic E-state index is 0.0204. The molecule has 0 radical (unpaired) electrons. The second-order valence-corrected chi connectivity index (χ2v) is 6.34. The monoisotopic (exact) mass is 441 g/mol. The summed E-state index contributed by atoms with van der Waals surface area (Å²) in [5.74, 6) is -0.0562. The van der Waals surface area contributed by atoms with Crippen molar-refractivity contribution in [3.8, 4) is 22.9 Å². The van der Waals surface area contributed by atoms with Crippen LogP contribution in [0.1, 0.15) is 16.1 Å². The van der Waals surface area contributed by atoms with Crippen molar-refractivity contribution in [2.75, 3.05) is 19.5 Å². The Morgan fingerprint density at radius 3 is 2.63 bits per heavy atom. The molecular formula is C18H15ClF3N5O3. The van der Waals surface area contributed by atoms with Gasteiger partial charge in [-0.15, -0.1) is 0 Å². The van der Waals surface area contributed by atoms with Gasteiger partial charge >= 0.3 is 6.18 Å². The Balaban J connectivity index is 1.82. The van der Waals surface area contributed by atoms with Crippen LogP contribution in [0.4, 0.5) is 18.9 Å². The molecule has 0 fully saturated rings. The molecule has 1 amide bonds. The van der Waals surface area contributed by atoms with Crippen molar-refractivity contribution in [3.63, 3.8) is 0 Å². The fourth-order valence-corrected chi connectivity index (χ4v) is 2.82. The summed E-state index contributed by atoms with van der Waals surface area (Å²) < 4.78 is 48.1. The predicted octanol–water partition coefficient (Wildman–Crippen LogP) is 3.89. The van der Waals surface area contributed by atoms with Crippen LogP contribution < -0.4 is 14.8 Å². The first kappa shape index (κ1) is 21.4. The van der Waals surface area contributed by atoms with Crippen LogP contribution in [0.3, 0.4) is 0 Å². The van der Waals surface area contributed by atoms with Gasteiger partial charge in [0.15, 0.2) is 5.75 Å². The number of anilines is 1. The van der Waals surface area contributed by atoms with Gasteiger partial charge in [-0.3, -0.25) is 9.89 Å². The summed E-state index contributed by atoms with van der Waals surface area (Å²) in [4.78, 5) is 20.8. The van der Waals surface area contributed by atoms with E-state index >= 15 is 0 Å². The van der Waals surface area contributed by atoms with Crippen LogP contribution in [-0.4, -0.2) is 46.5 Å². The van der Waals surface area contributed by atoms with Crippen molar-refractivity contribution in [2.45, 2.75) is 12.6 Å². The number of methoxy groups -OCH3 is 2. The van der Waals surface area contributed by atoms with Gasteiger partial charge in [-0.05, 0) is 18.2 Å².